The summed E-state index contributed by atoms with van der Waals surface area (Å²) in [5, 5.41) is 10.9. The molecular formula is C12H14F3N3O4S. The van der Waals surface area contributed by atoms with Crippen LogP contribution in [0.25, 0.3) is 0 Å². The molecule has 1 aliphatic rings. The lowest BCUT2D eigenvalue weighted by atomic mass is 10.3. The van der Waals surface area contributed by atoms with Crippen molar-refractivity contribution in [2.24, 2.45) is 0 Å². The van der Waals surface area contributed by atoms with Gasteiger partial charge in [-0.2, -0.15) is 17.5 Å². The smallest absolute Gasteiger partial charge is 0.292 e. The van der Waals surface area contributed by atoms with Crippen LogP contribution in [-0.2, 0) is 10.0 Å². The zero-order valence-corrected chi connectivity index (χ0v) is 12.7. The van der Waals surface area contributed by atoms with Gasteiger partial charge in [-0.05, 0) is 6.07 Å². The SMILES string of the molecule is O=[N+]([O-])c1ccccc1S(=O)(=O)N1CCN(CC(F)(F)F)CC1. The molecule has 0 saturated carbocycles. The average molecular weight is 353 g/mol. The van der Waals surface area contributed by atoms with Crippen molar-refractivity contribution in [1.29, 1.82) is 0 Å². The number of rotatable bonds is 4. The summed E-state index contributed by atoms with van der Waals surface area (Å²) >= 11 is 0. The Bertz CT molecular complexity index is 685. The lowest BCUT2D eigenvalue weighted by Crippen LogP contribution is -2.50. The summed E-state index contributed by atoms with van der Waals surface area (Å²) in [6.45, 7) is -1.57. The van der Waals surface area contributed by atoms with Crippen LogP contribution in [0.5, 0.6) is 0 Å². The Hall–Kier alpha value is -1.72. The molecule has 0 spiro atoms. The van der Waals surface area contributed by atoms with Crippen LogP contribution < -0.4 is 0 Å². The molecule has 0 aliphatic carbocycles. The van der Waals surface area contributed by atoms with Gasteiger partial charge in [-0.1, -0.05) is 12.1 Å². The maximum atomic E-state index is 12.5. The monoisotopic (exact) mass is 353 g/mol. The van der Waals surface area contributed by atoms with Gasteiger partial charge in [0, 0.05) is 32.2 Å². The van der Waals surface area contributed by atoms with Crippen LogP contribution in [0, 0.1) is 10.1 Å². The van der Waals surface area contributed by atoms with Crippen LogP contribution in [0.3, 0.4) is 0 Å². The summed E-state index contributed by atoms with van der Waals surface area (Å²) in [5.41, 5.74) is -0.551. The zero-order chi connectivity index (χ0) is 17.3. The molecule has 1 aromatic rings. The van der Waals surface area contributed by atoms with Crippen LogP contribution in [0.2, 0.25) is 0 Å². The molecule has 2 rings (SSSR count). The van der Waals surface area contributed by atoms with Gasteiger partial charge >= 0.3 is 6.18 Å². The second-order valence-corrected chi connectivity index (χ2v) is 6.93. The van der Waals surface area contributed by atoms with E-state index in [-0.39, 0.29) is 26.2 Å². The van der Waals surface area contributed by atoms with Crippen molar-refractivity contribution in [2.75, 3.05) is 32.7 Å². The predicted molar refractivity (Wildman–Crippen MR) is 74.4 cm³/mol. The van der Waals surface area contributed by atoms with Crippen LogP contribution in [0.1, 0.15) is 0 Å². The van der Waals surface area contributed by atoms with Crippen molar-refractivity contribution in [2.45, 2.75) is 11.1 Å². The first kappa shape index (κ1) is 17.6. The Kier molecular flexibility index (Phi) is 4.92. The molecule has 128 valence electrons. The number of nitro groups is 1. The summed E-state index contributed by atoms with van der Waals surface area (Å²) in [7, 11) is -4.12. The highest BCUT2D eigenvalue weighted by molar-refractivity contribution is 7.89. The molecule has 0 bridgehead atoms. The number of piperazine rings is 1. The molecule has 1 saturated heterocycles. The molecule has 1 fully saturated rings. The Morgan fingerprint density at radius 1 is 1.13 bits per heavy atom. The van der Waals surface area contributed by atoms with Gasteiger partial charge in [0.15, 0.2) is 4.90 Å². The topological polar surface area (TPSA) is 83.8 Å². The first-order valence-electron chi connectivity index (χ1n) is 6.64. The third-order valence-electron chi connectivity index (χ3n) is 3.41. The van der Waals surface area contributed by atoms with E-state index in [1.807, 2.05) is 0 Å². The van der Waals surface area contributed by atoms with Gasteiger partial charge in [-0.15, -0.1) is 0 Å². The Morgan fingerprint density at radius 2 is 1.70 bits per heavy atom. The summed E-state index contributed by atoms with van der Waals surface area (Å²) < 4.78 is 62.9. The zero-order valence-electron chi connectivity index (χ0n) is 11.9. The van der Waals surface area contributed by atoms with Crippen LogP contribution in [0.15, 0.2) is 29.2 Å². The van der Waals surface area contributed by atoms with Crippen molar-refractivity contribution in [3.8, 4) is 0 Å². The number of hydrogen-bond donors (Lipinski definition) is 0. The van der Waals surface area contributed by atoms with E-state index < -0.39 is 38.3 Å². The molecule has 23 heavy (non-hydrogen) atoms. The molecule has 0 atom stereocenters. The maximum Gasteiger partial charge on any atom is 0.401 e. The Labute approximate surface area is 130 Å². The molecule has 11 heteroatoms. The average Bonchev–Trinajstić information content (AvgIpc) is 2.46. The minimum Gasteiger partial charge on any atom is -0.292 e. The number of hydrogen-bond acceptors (Lipinski definition) is 5. The van der Waals surface area contributed by atoms with E-state index in [0.29, 0.717) is 0 Å². The lowest BCUT2D eigenvalue weighted by molar-refractivity contribution is -0.387. The largest absolute Gasteiger partial charge is 0.401 e. The van der Waals surface area contributed by atoms with Crippen molar-refractivity contribution < 1.29 is 26.5 Å². The van der Waals surface area contributed by atoms with Crippen molar-refractivity contribution in [3.05, 3.63) is 34.4 Å². The second-order valence-electron chi connectivity index (χ2n) is 5.02. The molecule has 0 unspecified atom stereocenters. The van der Waals surface area contributed by atoms with E-state index in [0.717, 1.165) is 21.3 Å². The first-order chi connectivity index (χ1) is 10.6. The molecule has 0 aromatic heterocycles. The molecule has 0 radical (unpaired) electrons. The van der Waals surface area contributed by atoms with Gasteiger partial charge in [-0.3, -0.25) is 15.0 Å². The number of nitro benzene ring substituents is 1. The number of alkyl halides is 3. The van der Waals surface area contributed by atoms with Gasteiger partial charge in [0.2, 0.25) is 10.0 Å². The number of sulfonamides is 1. The highest BCUT2D eigenvalue weighted by atomic mass is 32.2. The number of nitrogens with zero attached hydrogens (tertiary/aromatic N) is 3. The number of benzene rings is 1. The molecule has 1 heterocycles. The minimum atomic E-state index is -4.35. The number of para-hydroxylation sites is 1. The maximum absolute atomic E-state index is 12.5. The van der Waals surface area contributed by atoms with Crippen LogP contribution in [0.4, 0.5) is 18.9 Å². The first-order valence-corrected chi connectivity index (χ1v) is 8.08. The van der Waals surface area contributed by atoms with Gasteiger partial charge in [0.25, 0.3) is 5.69 Å². The Balaban J connectivity index is 2.16. The highest BCUT2D eigenvalue weighted by Crippen LogP contribution is 2.27. The quantitative estimate of drug-likeness (QED) is 0.604. The van der Waals surface area contributed by atoms with Crippen molar-refractivity contribution >= 4 is 15.7 Å². The Morgan fingerprint density at radius 3 is 2.22 bits per heavy atom. The van der Waals surface area contributed by atoms with E-state index in [9.17, 15) is 31.7 Å². The third-order valence-corrected chi connectivity index (χ3v) is 5.36. The molecule has 1 aliphatic heterocycles. The van der Waals surface area contributed by atoms with Crippen molar-refractivity contribution in [1.82, 2.24) is 9.21 Å². The summed E-state index contributed by atoms with van der Waals surface area (Å²) in [6.07, 6.45) is -4.35. The third kappa shape index (κ3) is 4.18. The fourth-order valence-corrected chi connectivity index (χ4v) is 3.93. The molecule has 0 N–H and O–H groups in total. The standard InChI is InChI=1S/C12H14F3N3O4S/c13-12(14,15)9-16-5-7-17(8-6-16)23(21,22)11-4-2-1-3-10(11)18(19)20/h1-4H,5-9H2. The van der Waals surface area contributed by atoms with Gasteiger partial charge in [0.1, 0.15) is 0 Å². The van der Waals surface area contributed by atoms with Gasteiger partial charge in [-0.25, -0.2) is 8.42 Å². The van der Waals surface area contributed by atoms with Crippen molar-refractivity contribution in [3.63, 3.8) is 0 Å². The van der Waals surface area contributed by atoms with Gasteiger partial charge < -0.3 is 0 Å². The predicted octanol–water partition coefficient (Wildman–Crippen LogP) is 1.46. The van der Waals surface area contributed by atoms with E-state index in [2.05, 4.69) is 0 Å². The second kappa shape index (κ2) is 6.42. The summed E-state index contributed by atoms with van der Waals surface area (Å²) in [4.78, 5) is 10.8. The fourth-order valence-electron chi connectivity index (χ4n) is 2.35. The molecule has 7 nitrogen and oxygen atoms in total. The van der Waals surface area contributed by atoms with Crippen LogP contribution >= 0.6 is 0 Å². The highest BCUT2D eigenvalue weighted by Gasteiger charge is 2.36. The number of halogens is 3. The summed E-state index contributed by atoms with van der Waals surface area (Å²) in [6, 6.07) is 4.90. The molecule has 0 amide bonds. The fraction of sp³-hybridized carbons (Fsp3) is 0.500. The van der Waals surface area contributed by atoms with E-state index in [1.54, 1.807) is 0 Å². The lowest BCUT2D eigenvalue weighted by Gasteiger charge is -2.34. The summed E-state index contributed by atoms with van der Waals surface area (Å²) in [5.74, 6) is 0. The normalized spacial score (nSPS) is 18.0. The van der Waals surface area contributed by atoms with Gasteiger partial charge in [0.05, 0.1) is 11.5 Å². The van der Waals surface area contributed by atoms with E-state index in [1.165, 1.54) is 12.1 Å². The minimum absolute atomic E-state index is 0.0840. The molecular weight excluding hydrogens is 339 g/mol. The van der Waals surface area contributed by atoms with Crippen LogP contribution in [-0.4, -0.2) is 61.4 Å². The van der Waals surface area contributed by atoms with E-state index in [4.69, 9.17) is 0 Å². The molecule has 1 aromatic carbocycles. The van der Waals surface area contributed by atoms with E-state index >= 15 is 0 Å².